The molecule has 1 saturated heterocycles. The van der Waals surface area contributed by atoms with Gasteiger partial charge in [-0.25, -0.2) is 13.2 Å². The lowest BCUT2D eigenvalue weighted by molar-refractivity contribution is -0.321. The van der Waals surface area contributed by atoms with Gasteiger partial charge in [-0.15, -0.1) is 0 Å². The van der Waals surface area contributed by atoms with Crippen LogP contribution in [0.4, 0.5) is 0 Å². The zero-order valence-electron chi connectivity index (χ0n) is 14.9. The quantitative estimate of drug-likeness (QED) is 0.155. The summed E-state index contributed by atoms with van der Waals surface area (Å²) in [6.45, 7) is -1.00. The predicted octanol–water partition coefficient (Wildman–Crippen LogP) is -4.50. The zero-order chi connectivity index (χ0) is 23.7. The van der Waals surface area contributed by atoms with Gasteiger partial charge in [0.25, 0.3) is 0 Å². The SMILES string of the molecule is O=C(O)C1=C[C@H](O)[C@@H](OS(=O)(=O)O)[C@H](O[C@H]2[C@H](O)[C@@H](OS(=O)(=O)O)[C@H](O)O[C@@H]2CO)O1. The van der Waals surface area contributed by atoms with Crippen molar-refractivity contribution in [1.29, 1.82) is 0 Å². The molecule has 0 aliphatic carbocycles. The van der Waals surface area contributed by atoms with Gasteiger partial charge in [0, 0.05) is 0 Å². The van der Waals surface area contributed by atoms with Gasteiger partial charge >= 0.3 is 26.8 Å². The minimum Gasteiger partial charge on any atom is -0.475 e. The van der Waals surface area contributed by atoms with Crippen LogP contribution in [0.3, 0.4) is 0 Å². The van der Waals surface area contributed by atoms with Crippen LogP contribution in [-0.4, -0.2) is 113 Å². The van der Waals surface area contributed by atoms with Gasteiger partial charge in [-0.3, -0.25) is 9.11 Å². The fraction of sp³-hybridized carbons (Fsp3) is 0.750. The van der Waals surface area contributed by atoms with E-state index in [9.17, 15) is 42.1 Å². The van der Waals surface area contributed by atoms with E-state index in [1.807, 2.05) is 0 Å². The van der Waals surface area contributed by atoms with Crippen molar-refractivity contribution in [2.24, 2.45) is 0 Å². The predicted molar refractivity (Wildman–Crippen MR) is 88.3 cm³/mol. The highest BCUT2D eigenvalue weighted by molar-refractivity contribution is 7.81. The number of ether oxygens (including phenoxy) is 3. The van der Waals surface area contributed by atoms with Crippen LogP contribution in [0.15, 0.2) is 11.8 Å². The Morgan fingerprint density at radius 3 is 2.03 bits per heavy atom. The fourth-order valence-electron chi connectivity index (χ4n) is 2.74. The van der Waals surface area contributed by atoms with E-state index in [2.05, 4.69) is 8.37 Å². The van der Waals surface area contributed by atoms with E-state index in [1.54, 1.807) is 0 Å². The minimum atomic E-state index is -5.26. The van der Waals surface area contributed by atoms with Crippen molar-refractivity contribution < 1.29 is 78.8 Å². The van der Waals surface area contributed by atoms with Crippen molar-refractivity contribution in [1.82, 2.24) is 0 Å². The fourth-order valence-corrected chi connectivity index (χ4v) is 3.71. The first kappa shape index (κ1) is 25.8. The second kappa shape index (κ2) is 9.56. The average molecular weight is 498 g/mol. The molecule has 0 amide bonds. The molecule has 2 aliphatic heterocycles. The number of aliphatic carboxylic acids is 1. The summed E-state index contributed by atoms with van der Waals surface area (Å²) in [6.07, 6.45) is -16.2. The highest BCUT2D eigenvalue weighted by atomic mass is 32.3. The number of aliphatic hydroxyl groups is 4. The molecule has 17 nitrogen and oxygen atoms in total. The summed E-state index contributed by atoms with van der Waals surface area (Å²) < 4.78 is 84.7. The molecule has 2 aliphatic rings. The second-order valence-corrected chi connectivity index (χ2v) is 8.22. The summed E-state index contributed by atoms with van der Waals surface area (Å²) >= 11 is 0. The van der Waals surface area contributed by atoms with Crippen molar-refractivity contribution in [2.45, 2.75) is 49.2 Å². The normalized spacial score (nSPS) is 37.0. The molecule has 0 bridgehead atoms. The summed E-state index contributed by atoms with van der Waals surface area (Å²) in [5.41, 5.74) is 0. The highest BCUT2D eigenvalue weighted by Gasteiger charge is 2.51. The molecule has 1 fully saturated rings. The van der Waals surface area contributed by atoms with Crippen LogP contribution in [0.2, 0.25) is 0 Å². The van der Waals surface area contributed by atoms with Crippen molar-refractivity contribution in [2.75, 3.05) is 6.61 Å². The zero-order valence-corrected chi connectivity index (χ0v) is 16.6. The van der Waals surface area contributed by atoms with Crippen LogP contribution in [0.1, 0.15) is 0 Å². The standard InChI is InChI=1S/C12H18O17S2/c13-2-5-8(6(15)9(11(18)25-5)29-31(22,23)24)27-12-7(28-30(19,20)21)3(14)1-4(26-12)10(16)17/h1,3,5-9,11-15,18H,2H2,(H,16,17)(H,19,20,21)(H,22,23,24)/t3-,5+,6-,7+,8+,9+,11+,12-/m0/s1. The highest BCUT2D eigenvalue weighted by Crippen LogP contribution is 2.30. The Labute approximate surface area is 173 Å². The Bertz CT molecular complexity index is 896. The molecule has 2 heterocycles. The lowest BCUT2D eigenvalue weighted by Gasteiger charge is -2.43. The van der Waals surface area contributed by atoms with Crippen molar-refractivity contribution in [3.05, 3.63) is 11.8 Å². The number of aliphatic hydroxyl groups excluding tert-OH is 4. The van der Waals surface area contributed by atoms with E-state index < -0.39 is 88.3 Å². The summed E-state index contributed by atoms with van der Waals surface area (Å²) in [5, 5.41) is 48.4. The Morgan fingerprint density at radius 2 is 1.55 bits per heavy atom. The van der Waals surface area contributed by atoms with E-state index in [4.69, 9.17) is 28.4 Å². The second-order valence-electron chi connectivity index (χ2n) is 6.13. The van der Waals surface area contributed by atoms with Gasteiger partial charge < -0.3 is 39.7 Å². The lowest BCUT2D eigenvalue weighted by atomic mass is 9.98. The Kier molecular flexibility index (Phi) is 7.95. The summed E-state index contributed by atoms with van der Waals surface area (Å²) in [7, 11) is -10.5. The van der Waals surface area contributed by atoms with Crippen LogP contribution in [0.25, 0.3) is 0 Å². The summed E-state index contributed by atoms with van der Waals surface area (Å²) in [5.74, 6) is -2.72. The number of hydrogen-bond acceptors (Lipinski definition) is 14. The van der Waals surface area contributed by atoms with E-state index >= 15 is 0 Å². The van der Waals surface area contributed by atoms with Gasteiger partial charge in [0.05, 0.1) is 6.61 Å². The third kappa shape index (κ3) is 6.74. The number of carboxylic acids is 1. The van der Waals surface area contributed by atoms with Crippen LogP contribution >= 0.6 is 0 Å². The lowest BCUT2D eigenvalue weighted by Crippen LogP contribution is -2.62. The third-order valence-electron chi connectivity index (χ3n) is 3.95. The third-order valence-corrected chi connectivity index (χ3v) is 4.88. The van der Waals surface area contributed by atoms with Crippen molar-refractivity contribution in [3.8, 4) is 0 Å². The molecule has 0 aromatic rings. The van der Waals surface area contributed by atoms with Gasteiger partial charge in [-0.05, 0) is 6.08 Å². The van der Waals surface area contributed by atoms with E-state index in [0.29, 0.717) is 6.08 Å². The largest absolute Gasteiger partial charge is 0.475 e. The van der Waals surface area contributed by atoms with Gasteiger partial charge in [0.15, 0.2) is 18.5 Å². The van der Waals surface area contributed by atoms with E-state index in [1.165, 1.54) is 0 Å². The molecule has 19 heteroatoms. The number of carbonyl (C=O) groups is 1. The Hall–Kier alpha value is -1.49. The van der Waals surface area contributed by atoms with Crippen LogP contribution in [0, 0.1) is 0 Å². The molecule has 7 N–H and O–H groups in total. The topological polar surface area (TPSA) is 273 Å². The molecular formula is C12H18O17S2. The molecule has 0 saturated carbocycles. The molecule has 180 valence electrons. The number of hydrogen-bond donors (Lipinski definition) is 7. The molecule has 0 aromatic heterocycles. The number of carboxylic acid groups (broad SMARTS) is 1. The van der Waals surface area contributed by atoms with Gasteiger partial charge in [-0.2, -0.15) is 16.8 Å². The Balaban J connectivity index is 2.36. The van der Waals surface area contributed by atoms with Crippen LogP contribution < -0.4 is 0 Å². The average Bonchev–Trinajstić information content (AvgIpc) is 2.61. The summed E-state index contributed by atoms with van der Waals surface area (Å²) in [4.78, 5) is 11.1. The molecule has 2 rings (SSSR count). The monoisotopic (exact) mass is 498 g/mol. The maximum atomic E-state index is 11.1. The van der Waals surface area contributed by atoms with E-state index in [-0.39, 0.29) is 0 Å². The van der Waals surface area contributed by atoms with Crippen molar-refractivity contribution >= 4 is 26.8 Å². The first-order chi connectivity index (χ1) is 14.1. The molecule has 8 atom stereocenters. The maximum absolute atomic E-state index is 11.1. The van der Waals surface area contributed by atoms with Gasteiger partial charge in [0.2, 0.25) is 12.0 Å². The van der Waals surface area contributed by atoms with Gasteiger partial charge in [-0.1, -0.05) is 0 Å². The number of rotatable bonds is 8. The molecule has 0 spiro atoms. The first-order valence-electron chi connectivity index (χ1n) is 8.02. The first-order valence-corrected chi connectivity index (χ1v) is 10.7. The van der Waals surface area contributed by atoms with Crippen LogP contribution in [-0.2, 0) is 48.2 Å². The van der Waals surface area contributed by atoms with E-state index in [0.717, 1.165) is 0 Å². The molecular weight excluding hydrogens is 480 g/mol. The molecule has 0 radical (unpaired) electrons. The van der Waals surface area contributed by atoms with Gasteiger partial charge in [0.1, 0.15) is 24.4 Å². The molecule has 31 heavy (non-hydrogen) atoms. The smallest absolute Gasteiger partial charge is 0.397 e. The minimum absolute atomic E-state index is 0.503. The summed E-state index contributed by atoms with van der Waals surface area (Å²) in [6, 6.07) is 0. The van der Waals surface area contributed by atoms with Crippen LogP contribution in [0.5, 0.6) is 0 Å². The molecule has 0 unspecified atom stereocenters. The van der Waals surface area contributed by atoms with Crippen molar-refractivity contribution in [3.63, 3.8) is 0 Å². The maximum Gasteiger partial charge on any atom is 0.397 e. The Morgan fingerprint density at radius 1 is 1.00 bits per heavy atom. The molecule has 0 aromatic carbocycles.